The average Bonchev–Trinajstić information content (AvgIpc) is 1.99. The molecule has 1 rings (SSSR count). The summed E-state index contributed by atoms with van der Waals surface area (Å²) in [6, 6.07) is 4.95. The third kappa shape index (κ3) is 3.93. The number of aliphatic hydroxyl groups excluding tert-OH is 1. The van der Waals surface area contributed by atoms with E-state index in [1.165, 1.54) is 6.26 Å². The van der Waals surface area contributed by atoms with E-state index in [2.05, 4.69) is 15.9 Å². The van der Waals surface area contributed by atoms with Crippen LogP contribution in [0.3, 0.4) is 0 Å². The maximum atomic E-state index is 11.3. The van der Waals surface area contributed by atoms with Crippen molar-refractivity contribution in [3.8, 4) is 0 Å². The molecule has 1 aromatic carbocycles. The van der Waals surface area contributed by atoms with Gasteiger partial charge in [0.25, 0.3) is 0 Å². The van der Waals surface area contributed by atoms with Gasteiger partial charge in [-0.1, -0.05) is 15.9 Å². The summed E-state index contributed by atoms with van der Waals surface area (Å²) in [5.41, 5.74) is 0.805. The van der Waals surface area contributed by atoms with Crippen LogP contribution in [0.5, 0.6) is 0 Å². The van der Waals surface area contributed by atoms with Crippen molar-refractivity contribution in [2.24, 2.45) is 0 Å². The third-order valence-corrected chi connectivity index (χ3v) is 3.44. The minimum Gasteiger partial charge on any atom is -0.393 e. The smallest absolute Gasteiger partial charge is 0.175 e. The summed E-state index contributed by atoms with van der Waals surface area (Å²) in [7, 11) is -3.20. The van der Waals surface area contributed by atoms with Gasteiger partial charge in [0.1, 0.15) is 0 Å². The summed E-state index contributed by atoms with van der Waals surface area (Å²) in [5.74, 6) is 0. The topological polar surface area (TPSA) is 54.4 Å². The molecular weight excluding hydrogens is 280 g/mol. The number of sulfone groups is 1. The molecule has 0 radical (unpaired) electrons. The lowest BCUT2D eigenvalue weighted by Gasteiger charge is -2.07. The lowest BCUT2D eigenvalue weighted by molar-refractivity contribution is 0.195. The highest BCUT2D eigenvalue weighted by atomic mass is 79.9. The summed E-state index contributed by atoms with van der Waals surface area (Å²) in [5, 5.41) is 9.23. The van der Waals surface area contributed by atoms with Crippen molar-refractivity contribution in [1.82, 2.24) is 0 Å². The molecule has 0 fully saturated rings. The van der Waals surface area contributed by atoms with Crippen LogP contribution in [0.2, 0.25) is 0 Å². The SMILES string of the molecule is CC(O)Cc1cc(Br)cc(S(C)(=O)=O)c1. The Kier molecular flexibility index (Phi) is 3.92. The van der Waals surface area contributed by atoms with Crippen molar-refractivity contribution in [1.29, 1.82) is 0 Å². The zero-order valence-electron chi connectivity index (χ0n) is 8.57. The number of hydrogen-bond donors (Lipinski definition) is 1. The van der Waals surface area contributed by atoms with Gasteiger partial charge in [0, 0.05) is 10.7 Å². The molecule has 0 aliphatic heterocycles. The van der Waals surface area contributed by atoms with Crippen LogP contribution < -0.4 is 0 Å². The van der Waals surface area contributed by atoms with Gasteiger partial charge in [-0.05, 0) is 37.1 Å². The summed E-state index contributed by atoms with van der Waals surface area (Å²) < 4.78 is 23.4. The Morgan fingerprint density at radius 2 is 2.00 bits per heavy atom. The van der Waals surface area contributed by atoms with Crippen LogP contribution in [0.25, 0.3) is 0 Å². The molecule has 0 aliphatic carbocycles. The molecule has 0 heterocycles. The minimum absolute atomic E-state index is 0.271. The highest BCUT2D eigenvalue weighted by Crippen LogP contribution is 2.20. The van der Waals surface area contributed by atoms with E-state index >= 15 is 0 Å². The highest BCUT2D eigenvalue weighted by Gasteiger charge is 2.10. The van der Waals surface area contributed by atoms with Crippen LogP contribution in [-0.2, 0) is 16.3 Å². The normalized spacial score (nSPS) is 13.9. The molecule has 1 unspecified atom stereocenters. The molecule has 1 N–H and O–H groups in total. The first kappa shape index (κ1) is 12.7. The second-order valence-electron chi connectivity index (χ2n) is 3.62. The fraction of sp³-hybridized carbons (Fsp3) is 0.400. The van der Waals surface area contributed by atoms with Gasteiger partial charge in [0.2, 0.25) is 0 Å². The van der Waals surface area contributed by atoms with Crippen LogP contribution in [-0.4, -0.2) is 25.9 Å². The van der Waals surface area contributed by atoms with Crippen molar-refractivity contribution < 1.29 is 13.5 Å². The largest absolute Gasteiger partial charge is 0.393 e. The van der Waals surface area contributed by atoms with Gasteiger partial charge >= 0.3 is 0 Å². The van der Waals surface area contributed by atoms with E-state index in [0.717, 1.165) is 5.56 Å². The van der Waals surface area contributed by atoms with Crippen molar-refractivity contribution in [3.63, 3.8) is 0 Å². The lowest BCUT2D eigenvalue weighted by atomic mass is 10.1. The number of aliphatic hydroxyl groups is 1. The second kappa shape index (κ2) is 4.63. The van der Waals surface area contributed by atoms with E-state index in [-0.39, 0.29) is 4.90 Å². The van der Waals surface area contributed by atoms with E-state index in [1.807, 2.05) is 0 Å². The molecular formula is C10H13BrO3S. The van der Waals surface area contributed by atoms with E-state index in [9.17, 15) is 13.5 Å². The first-order valence-corrected chi connectivity index (χ1v) is 7.15. The number of rotatable bonds is 3. The van der Waals surface area contributed by atoms with Gasteiger partial charge in [-0.15, -0.1) is 0 Å². The van der Waals surface area contributed by atoms with Gasteiger partial charge in [-0.2, -0.15) is 0 Å². The number of halogens is 1. The minimum atomic E-state index is -3.20. The second-order valence-corrected chi connectivity index (χ2v) is 6.55. The molecule has 84 valence electrons. The van der Waals surface area contributed by atoms with Gasteiger partial charge in [-0.25, -0.2) is 8.42 Å². The van der Waals surface area contributed by atoms with Crippen LogP contribution in [0.1, 0.15) is 12.5 Å². The lowest BCUT2D eigenvalue weighted by Crippen LogP contribution is -2.06. The van der Waals surface area contributed by atoms with E-state index in [4.69, 9.17) is 0 Å². The Labute approximate surface area is 98.2 Å². The van der Waals surface area contributed by atoms with E-state index < -0.39 is 15.9 Å². The maximum Gasteiger partial charge on any atom is 0.175 e. The molecule has 0 aliphatic rings. The molecule has 1 aromatic rings. The van der Waals surface area contributed by atoms with Crippen molar-refractivity contribution in [2.75, 3.05) is 6.26 Å². The molecule has 0 bridgehead atoms. The third-order valence-electron chi connectivity index (χ3n) is 1.89. The summed E-state index contributed by atoms with van der Waals surface area (Å²) >= 11 is 3.25. The first-order chi connectivity index (χ1) is 6.79. The number of benzene rings is 1. The van der Waals surface area contributed by atoms with Crippen molar-refractivity contribution in [2.45, 2.75) is 24.3 Å². The van der Waals surface area contributed by atoms with Crippen LogP contribution in [0, 0.1) is 0 Å². The predicted molar refractivity (Wildman–Crippen MR) is 62.6 cm³/mol. The standard InChI is InChI=1S/C10H13BrO3S/c1-7(12)3-8-4-9(11)6-10(5-8)15(2,13)14/h4-7,12H,3H2,1-2H3. The average molecular weight is 293 g/mol. The Balaban J connectivity index is 3.17. The molecule has 1 atom stereocenters. The molecule has 0 saturated carbocycles. The van der Waals surface area contributed by atoms with Gasteiger partial charge < -0.3 is 5.11 Å². The molecule has 0 aromatic heterocycles. The Bertz CT molecular complexity index is 452. The van der Waals surface area contributed by atoms with E-state index in [0.29, 0.717) is 10.9 Å². The maximum absolute atomic E-state index is 11.3. The van der Waals surface area contributed by atoms with Crippen LogP contribution in [0.4, 0.5) is 0 Å². The Morgan fingerprint density at radius 1 is 1.40 bits per heavy atom. The molecule has 0 saturated heterocycles. The van der Waals surface area contributed by atoms with Gasteiger partial charge in [0.15, 0.2) is 9.84 Å². The molecule has 3 nitrogen and oxygen atoms in total. The molecule has 15 heavy (non-hydrogen) atoms. The monoisotopic (exact) mass is 292 g/mol. The Morgan fingerprint density at radius 3 is 2.47 bits per heavy atom. The Hall–Kier alpha value is -0.390. The van der Waals surface area contributed by atoms with Crippen molar-refractivity contribution >= 4 is 25.8 Å². The fourth-order valence-electron chi connectivity index (χ4n) is 1.29. The summed E-state index contributed by atoms with van der Waals surface area (Å²) in [4.78, 5) is 0.271. The molecule has 5 heteroatoms. The fourth-order valence-corrected chi connectivity index (χ4v) is 2.69. The summed E-state index contributed by atoms with van der Waals surface area (Å²) in [6.45, 7) is 1.67. The van der Waals surface area contributed by atoms with Crippen molar-refractivity contribution in [3.05, 3.63) is 28.2 Å². The zero-order valence-corrected chi connectivity index (χ0v) is 11.0. The molecule has 0 amide bonds. The summed E-state index contributed by atoms with van der Waals surface area (Å²) in [6.07, 6.45) is 1.13. The van der Waals surface area contributed by atoms with Crippen LogP contribution in [0.15, 0.2) is 27.6 Å². The zero-order chi connectivity index (χ0) is 11.6. The van der Waals surface area contributed by atoms with Gasteiger partial charge in [0.05, 0.1) is 11.0 Å². The van der Waals surface area contributed by atoms with E-state index in [1.54, 1.807) is 25.1 Å². The highest BCUT2D eigenvalue weighted by molar-refractivity contribution is 9.10. The predicted octanol–water partition coefficient (Wildman–Crippen LogP) is 1.78. The molecule has 0 spiro atoms. The number of hydrogen-bond acceptors (Lipinski definition) is 3. The first-order valence-electron chi connectivity index (χ1n) is 4.46. The quantitative estimate of drug-likeness (QED) is 0.924. The van der Waals surface area contributed by atoms with Gasteiger partial charge in [-0.3, -0.25) is 0 Å². The van der Waals surface area contributed by atoms with Crippen LogP contribution >= 0.6 is 15.9 Å².